The van der Waals surface area contributed by atoms with Crippen molar-refractivity contribution in [3.05, 3.63) is 45.5 Å². The second-order valence-electron chi connectivity index (χ2n) is 5.00. The van der Waals surface area contributed by atoms with Crippen LogP contribution >= 0.6 is 11.6 Å². The van der Waals surface area contributed by atoms with Crippen molar-refractivity contribution in [2.45, 2.75) is 18.6 Å². The van der Waals surface area contributed by atoms with Crippen LogP contribution in [-0.2, 0) is 11.0 Å². The number of hydrogen-bond donors (Lipinski definition) is 2. The number of pyridine rings is 1. The fraction of sp³-hybridized carbons (Fsp3) is 0.200. The first-order valence-corrected chi connectivity index (χ1v) is 7.33. The second-order valence-corrected chi connectivity index (χ2v) is 5.38. The number of halogens is 4. The van der Waals surface area contributed by atoms with Crippen molar-refractivity contribution in [3.63, 3.8) is 0 Å². The lowest BCUT2D eigenvalue weighted by Gasteiger charge is -2.15. The summed E-state index contributed by atoms with van der Waals surface area (Å²) in [6.07, 6.45) is 2.20. The summed E-state index contributed by atoms with van der Waals surface area (Å²) >= 11 is 5.95. The maximum absolute atomic E-state index is 12.6. The number of carbonyl (C=O) groups excluding carboxylic acids is 1. The summed E-state index contributed by atoms with van der Waals surface area (Å²) in [5.41, 5.74) is 3.35. The van der Waals surface area contributed by atoms with Crippen LogP contribution in [0.2, 0.25) is 5.02 Å². The van der Waals surface area contributed by atoms with E-state index in [2.05, 4.69) is 21.3 Å². The number of carbonyl (C=O) groups is 1. The Balaban J connectivity index is 2.37. The average molecular weight is 386 g/mol. The third-order valence-electron chi connectivity index (χ3n) is 3.21. The highest BCUT2D eigenvalue weighted by molar-refractivity contribution is 6.33. The number of nitrogens with zero attached hydrogens (tertiary/aromatic N) is 3. The number of nitrogens with two attached hydrogens (primary N) is 1. The molecule has 7 nitrogen and oxygen atoms in total. The Bertz CT molecular complexity index is 919. The SMILES string of the molecule is C#CC[C@@H](Nc1cnn(-c2ccc(C(F)(F)F)cn2)c(=O)c1Cl)C(N)=O. The molecule has 2 heterocycles. The normalized spacial score (nSPS) is 12.3. The summed E-state index contributed by atoms with van der Waals surface area (Å²) in [5.74, 6) is 1.33. The topological polar surface area (TPSA) is 103 Å². The monoisotopic (exact) mass is 385 g/mol. The first kappa shape index (κ1) is 19.3. The molecule has 0 spiro atoms. The summed E-state index contributed by atoms with van der Waals surface area (Å²) in [6.45, 7) is 0. The van der Waals surface area contributed by atoms with E-state index in [0.29, 0.717) is 10.9 Å². The molecule has 0 saturated carbocycles. The Morgan fingerprint density at radius 2 is 2.12 bits per heavy atom. The van der Waals surface area contributed by atoms with Gasteiger partial charge in [-0.15, -0.1) is 12.3 Å². The number of aromatic nitrogens is 3. The molecule has 0 bridgehead atoms. The van der Waals surface area contributed by atoms with Crippen molar-refractivity contribution >= 4 is 23.2 Å². The van der Waals surface area contributed by atoms with Crippen LogP contribution in [0.4, 0.5) is 18.9 Å². The van der Waals surface area contributed by atoms with Crippen molar-refractivity contribution in [1.29, 1.82) is 0 Å². The largest absolute Gasteiger partial charge is 0.417 e. The van der Waals surface area contributed by atoms with Gasteiger partial charge >= 0.3 is 6.18 Å². The van der Waals surface area contributed by atoms with Gasteiger partial charge in [0.1, 0.15) is 11.1 Å². The number of terminal acetylenes is 1. The van der Waals surface area contributed by atoms with Crippen LogP contribution in [0.5, 0.6) is 0 Å². The molecule has 0 fully saturated rings. The highest BCUT2D eigenvalue weighted by atomic mass is 35.5. The lowest BCUT2D eigenvalue weighted by atomic mass is 10.2. The third-order valence-corrected chi connectivity index (χ3v) is 3.57. The van der Waals surface area contributed by atoms with Gasteiger partial charge in [-0.3, -0.25) is 9.59 Å². The quantitative estimate of drug-likeness (QED) is 0.761. The molecular formula is C15H11ClF3N5O2. The minimum absolute atomic E-state index is 0.00104. The Morgan fingerprint density at radius 3 is 2.62 bits per heavy atom. The summed E-state index contributed by atoms with van der Waals surface area (Å²) < 4.78 is 38.4. The maximum atomic E-state index is 12.6. The molecule has 26 heavy (non-hydrogen) atoms. The van der Waals surface area contributed by atoms with Gasteiger partial charge in [0, 0.05) is 12.6 Å². The number of rotatable bonds is 5. The summed E-state index contributed by atoms with van der Waals surface area (Å²) in [5, 5.41) is 6.03. The molecular weight excluding hydrogens is 375 g/mol. The van der Waals surface area contributed by atoms with Crippen LogP contribution in [0.15, 0.2) is 29.3 Å². The zero-order valence-electron chi connectivity index (χ0n) is 12.9. The van der Waals surface area contributed by atoms with E-state index in [1.165, 1.54) is 0 Å². The van der Waals surface area contributed by atoms with E-state index in [-0.39, 0.29) is 22.9 Å². The summed E-state index contributed by atoms with van der Waals surface area (Å²) in [7, 11) is 0. The predicted octanol–water partition coefficient (Wildman–Crippen LogP) is 1.59. The molecule has 3 N–H and O–H groups in total. The number of primary amides is 1. The Labute approximate surface area is 150 Å². The van der Waals surface area contributed by atoms with Gasteiger partial charge in [0.2, 0.25) is 5.91 Å². The molecule has 0 aliphatic carbocycles. The molecule has 0 saturated heterocycles. The van der Waals surface area contributed by atoms with Gasteiger partial charge in [-0.1, -0.05) is 11.6 Å². The predicted molar refractivity (Wildman–Crippen MR) is 87.7 cm³/mol. The first-order chi connectivity index (χ1) is 12.1. The smallest absolute Gasteiger partial charge is 0.370 e. The van der Waals surface area contributed by atoms with E-state index < -0.39 is 29.2 Å². The molecule has 0 aliphatic heterocycles. The fourth-order valence-corrected chi connectivity index (χ4v) is 2.09. The first-order valence-electron chi connectivity index (χ1n) is 6.96. The second kappa shape index (κ2) is 7.45. The van der Waals surface area contributed by atoms with Gasteiger partial charge < -0.3 is 11.1 Å². The van der Waals surface area contributed by atoms with E-state index >= 15 is 0 Å². The van der Waals surface area contributed by atoms with Gasteiger partial charge in [0.25, 0.3) is 5.56 Å². The maximum Gasteiger partial charge on any atom is 0.417 e. The molecule has 1 amide bonds. The summed E-state index contributed by atoms with van der Waals surface area (Å²) in [4.78, 5) is 27.2. The van der Waals surface area contributed by atoms with Crippen molar-refractivity contribution in [3.8, 4) is 18.2 Å². The van der Waals surface area contributed by atoms with Gasteiger partial charge in [-0.25, -0.2) is 4.98 Å². The van der Waals surface area contributed by atoms with Crippen molar-refractivity contribution < 1.29 is 18.0 Å². The van der Waals surface area contributed by atoms with Gasteiger partial charge in [0.15, 0.2) is 5.82 Å². The molecule has 1 atom stereocenters. The van der Waals surface area contributed by atoms with Crippen molar-refractivity contribution in [2.24, 2.45) is 5.73 Å². The van der Waals surface area contributed by atoms with Gasteiger partial charge in [-0.05, 0) is 12.1 Å². The summed E-state index contributed by atoms with van der Waals surface area (Å²) in [6, 6.07) is 0.761. The third kappa shape index (κ3) is 4.12. The van der Waals surface area contributed by atoms with E-state index in [9.17, 15) is 22.8 Å². The number of alkyl halides is 3. The van der Waals surface area contributed by atoms with Crippen LogP contribution in [0.1, 0.15) is 12.0 Å². The fourth-order valence-electron chi connectivity index (χ4n) is 1.90. The van der Waals surface area contributed by atoms with Crippen LogP contribution in [0, 0.1) is 12.3 Å². The molecule has 2 rings (SSSR count). The zero-order valence-corrected chi connectivity index (χ0v) is 13.7. The molecule has 0 aromatic carbocycles. The number of nitrogens with one attached hydrogen (secondary N) is 1. The molecule has 0 unspecified atom stereocenters. The zero-order chi connectivity index (χ0) is 19.5. The van der Waals surface area contributed by atoms with Crippen molar-refractivity contribution in [1.82, 2.24) is 14.8 Å². The minimum atomic E-state index is -4.56. The molecule has 0 radical (unpaired) electrons. The minimum Gasteiger partial charge on any atom is -0.370 e. The Morgan fingerprint density at radius 1 is 1.42 bits per heavy atom. The standard InChI is InChI=1S/C15H11ClF3N5O2/c1-2-3-9(13(20)25)23-10-7-22-24(14(26)12(10)16)11-5-4-8(6-21-11)15(17,18)19/h1,4-7,9,23H,3H2,(H2,20,25)/t9-/m1/s1. The molecule has 2 aromatic heterocycles. The number of anilines is 1. The average Bonchev–Trinajstić information content (AvgIpc) is 2.57. The number of amides is 1. The van der Waals surface area contributed by atoms with Crippen LogP contribution in [0.25, 0.3) is 5.82 Å². The molecule has 0 aliphatic rings. The van der Waals surface area contributed by atoms with E-state index in [4.69, 9.17) is 23.8 Å². The van der Waals surface area contributed by atoms with E-state index in [1.54, 1.807) is 0 Å². The van der Waals surface area contributed by atoms with Crippen LogP contribution in [-0.4, -0.2) is 26.7 Å². The van der Waals surface area contributed by atoms with Gasteiger partial charge in [0.05, 0.1) is 17.4 Å². The van der Waals surface area contributed by atoms with E-state index in [1.807, 2.05) is 0 Å². The van der Waals surface area contributed by atoms with E-state index in [0.717, 1.165) is 18.3 Å². The molecule has 2 aromatic rings. The Hall–Kier alpha value is -3.06. The lowest BCUT2D eigenvalue weighted by Crippen LogP contribution is -2.36. The molecule has 136 valence electrons. The lowest BCUT2D eigenvalue weighted by molar-refractivity contribution is -0.137. The van der Waals surface area contributed by atoms with Gasteiger partial charge in [-0.2, -0.15) is 23.0 Å². The van der Waals surface area contributed by atoms with Crippen LogP contribution in [0.3, 0.4) is 0 Å². The number of hydrogen-bond acceptors (Lipinski definition) is 5. The highest BCUT2D eigenvalue weighted by Crippen LogP contribution is 2.28. The van der Waals surface area contributed by atoms with Crippen molar-refractivity contribution in [2.75, 3.05) is 5.32 Å². The van der Waals surface area contributed by atoms with Crippen LogP contribution < -0.4 is 16.6 Å². The highest BCUT2D eigenvalue weighted by Gasteiger charge is 2.30. The Kier molecular flexibility index (Phi) is 5.52. The molecule has 11 heteroatoms.